The first-order valence-electron chi connectivity index (χ1n) is 11.3. The molecule has 0 N–H and O–H groups in total. The average Bonchev–Trinajstić information content (AvgIpc) is 3.36. The molecule has 3 heterocycles. The molecule has 0 fully saturated rings. The molecule has 33 heavy (non-hydrogen) atoms. The number of aryl methyl sites for hydroxylation is 1. The Morgan fingerprint density at radius 1 is 0.848 bits per heavy atom. The SMILES string of the molecule is Cc1cnc2c(c1)nc(-c1cccc3c1oc1c[c]([Ge]([CH3])([CH3])[CH3])ccc13)n2-c1ccccc1. The van der Waals surface area contributed by atoms with Crippen LogP contribution in [0.4, 0.5) is 0 Å². The van der Waals surface area contributed by atoms with Crippen molar-refractivity contribution < 1.29 is 4.42 Å². The third-order valence-corrected chi connectivity index (χ3v) is 10.5. The van der Waals surface area contributed by atoms with Gasteiger partial charge in [0.2, 0.25) is 0 Å². The quantitative estimate of drug-likeness (QED) is 0.254. The molecule has 3 aromatic carbocycles. The van der Waals surface area contributed by atoms with E-state index in [1.807, 2.05) is 31.3 Å². The van der Waals surface area contributed by atoms with Crippen LogP contribution in [0.25, 0.3) is 50.2 Å². The van der Waals surface area contributed by atoms with Crippen LogP contribution in [0.3, 0.4) is 0 Å². The van der Waals surface area contributed by atoms with Gasteiger partial charge in [-0.05, 0) is 0 Å². The van der Waals surface area contributed by atoms with Crippen LogP contribution < -0.4 is 4.40 Å². The van der Waals surface area contributed by atoms with E-state index in [2.05, 4.69) is 76.4 Å². The first-order valence-corrected chi connectivity index (χ1v) is 18.6. The number of aromatic nitrogens is 3. The number of rotatable bonds is 3. The summed E-state index contributed by atoms with van der Waals surface area (Å²) in [5.74, 6) is 8.07. The molecule has 0 spiro atoms. The maximum absolute atomic E-state index is 6.54. The third-order valence-electron chi connectivity index (χ3n) is 6.25. The van der Waals surface area contributed by atoms with Gasteiger partial charge in [0.1, 0.15) is 0 Å². The number of para-hydroxylation sites is 2. The second-order valence-corrected chi connectivity index (χ2v) is 20.4. The van der Waals surface area contributed by atoms with E-state index >= 15 is 0 Å². The van der Waals surface area contributed by atoms with E-state index < -0.39 is 13.3 Å². The summed E-state index contributed by atoms with van der Waals surface area (Å²) in [6.07, 6.45) is 1.90. The van der Waals surface area contributed by atoms with Gasteiger partial charge >= 0.3 is 196 Å². The van der Waals surface area contributed by atoms with E-state index in [-0.39, 0.29) is 0 Å². The molecular weight excluding hydrogens is 467 g/mol. The van der Waals surface area contributed by atoms with Gasteiger partial charge in [-0.1, -0.05) is 0 Å². The summed E-state index contributed by atoms with van der Waals surface area (Å²) >= 11 is -1.97. The van der Waals surface area contributed by atoms with Gasteiger partial charge in [-0.2, -0.15) is 0 Å². The number of nitrogens with zero attached hydrogens (tertiary/aromatic N) is 3. The van der Waals surface area contributed by atoms with Crippen molar-refractivity contribution in [3.05, 3.63) is 84.6 Å². The predicted molar refractivity (Wildman–Crippen MR) is 139 cm³/mol. The number of hydrogen-bond acceptors (Lipinski definition) is 3. The first kappa shape index (κ1) is 20.2. The summed E-state index contributed by atoms with van der Waals surface area (Å²) < 4.78 is 10.1. The fourth-order valence-electron chi connectivity index (χ4n) is 4.51. The zero-order valence-electron chi connectivity index (χ0n) is 19.3. The normalized spacial score (nSPS) is 12.2. The second kappa shape index (κ2) is 7.32. The molecule has 162 valence electrons. The number of benzene rings is 3. The number of pyridine rings is 1. The topological polar surface area (TPSA) is 43.9 Å². The molecule has 0 saturated carbocycles. The summed E-state index contributed by atoms with van der Waals surface area (Å²) in [4.78, 5) is 9.79. The van der Waals surface area contributed by atoms with Gasteiger partial charge in [-0.15, -0.1) is 0 Å². The molecule has 0 saturated heterocycles. The van der Waals surface area contributed by atoms with Crippen molar-refractivity contribution in [1.29, 1.82) is 0 Å². The summed E-state index contributed by atoms with van der Waals surface area (Å²) in [6.45, 7) is 2.05. The molecule has 3 aromatic heterocycles. The Labute approximate surface area is 195 Å². The van der Waals surface area contributed by atoms with Crippen LogP contribution in [-0.4, -0.2) is 27.8 Å². The number of fused-ring (bicyclic) bond motifs is 4. The van der Waals surface area contributed by atoms with Crippen molar-refractivity contribution >= 4 is 50.8 Å². The Morgan fingerprint density at radius 3 is 2.45 bits per heavy atom. The van der Waals surface area contributed by atoms with Crippen molar-refractivity contribution in [2.24, 2.45) is 0 Å². The Kier molecular flexibility index (Phi) is 4.49. The summed E-state index contributed by atoms with van der Waals surface area (Å²) in [5, 5.41) is 2.27. The molecule has 0 aliphatic rings. The zero-order valence-corrected chi connectivity index (χ0v) is 21.4. The second-order valence-electron chi connectivity index (χ2n) is 9.71. The summed E-state index contributed by atoms with van der Waals surface area (Å²) in [5.41, 5.74) is 6.64. The number of imidazole rings is 1. The van der Waals surface area contributed by atoms with Crippen LogP contribution in [0.15, 0.2) is 83.4 Å². The van der Waals surface area contributed by atoms with Gasteiger partial charge in [0.05, 0.1) is 0 Å². The van der Waals surface area contributed by atoms with Crippen LogP contribution in [0.2, 0.25) is 17.3 Å². The summed E-state index contributed by atoms with van der Waals surface area (Å²) in [7, 11) is 0. The molecule has 0 aliphatic heterocycles. The van der Waals surface area contributed by atoms with Gasteiger partial charge in [0.25, 0.3) is 0 Å². The molecule has 0 atom stereocenters. The molecular formula is C28H25GeN3O. The van der Waals surface area contributed by atoms with Crippen LogP contribution in [0.5, 0.6) is 0 Å². The fourth-order valence-corrected chi connectivity index (χ4v) is 6.92. The summed E-state index contributed by atoms with van der Waals surface area (Å²) in [6, 6.07) is 25.5. The Hall–Kier alpha value is -3.38. The predicted octanol–water partition coefficient (Wildman–Crippen LogP) is 6.84. The van der Waals surface area contributed by atoms with Crippen LogP contribution in [0.1, 0.15) is 5.56 Å². The molecule has 4 nitrogen and oxygen atoms in total. The van der Waals surface area contributed by atoms with Gasteiger partial charge in [-0.3, -0.25) is 0 Å². The molecule has 0 amide bonds. The fraction of sp³-hybridized carbons (Fsp3) is 0.143. The molecule has 0 unspecified atom stereocenters. The van der Waals surface area contributed by atoms with Crippen molar-refractivity contribution in [2.75, 3.05) is 0 Å². The van der Waals surface area contributed by atoms with Gasteiger partial charge in [0.15, 0.2) is 0 Å². The Balaban J connectivity index is 1.68. The van der Waals surface area contributed by atoms with Crippen molar-refractivity contribution in [2.45, 2.75) is 24.2 Å². The van der Waals surface area contributed by atoms with E-state index in [1.165, 1.54) is 4.40 Å². The van der Waals surface area contributed by atoms with E-state index in [0.29, 0.717) is 0 Å². The molecule has 6 aromatic rings. The number of furan rings is 1. The molecule has 6 rings (SSSR count). The van der Waals surface area contributed by atoms with Gasteiger partial charge in [0, 0.05) is 0 Å². The third kappa shape index (κ3) is 3.28. The first-order chi connectivity index (χ1) is 15.9. The standard InChI is InChI=1S/C28H25GeN3O/c1-18-15-24-28(30-17-18)32(20-9-6-5-7-10-20)27(31-24)23-12-8-11-22-21-14-13-19(29(2,3)4)16-25(21)33-26(22)23/h5-17H,1-4H3. The molecule has 5 heteroatoms. The van der Waals surface area contributed by atoms with Crippen molar-refractivity contribution in [3.63, 3.8) is 0 Å². The van der Waals surface area contributed by atoms with Crippen LogP contribution in [-0.2, 0) is 0 Å². The van der Waals surface area contributed by atoms with E-state index in [4.69, 9.17) is 14.4 Å². The molecule has 0 bridgehead atoms. The number of hydrogen-bond donors (Lipinski definition) is 0. The monoisotopic (exact) mass is 493 g/mol. The molecule has 0 radical (unpaired) electrons. The average molecular weight is 492 g/mol. The minimum absolute atomic E-state index is 0.840. The van der Waals surface area contributed by atoms with E-state index in [0.717, 1.165) is 55.7 Å². The van der Waals surface area contributed by atoms with Crippen molar-refractivity contribution in [3.8, 4) is 17.1 Å². The van der Waals surface area contributed by atoms with Crippen molar-refractivity contribution in [1.82, 2.24) is 14.5 Å². The van der Waals surface area contributed by atoms with E-state index in [9.17, 15) is 0 Å². The maximum atomic E-state index is 6.54. The van der Waals surface area contributed by atoms with Crippen LogP contribution >= 0.6 is 0 Å². The Bertz CT molecular complexity index is 1660. The van der Waals surface area contributed by atoms with Gasteiger partial charge in [-0.25, -0.2) is 0 Å². The zero-order chi connectivity index (χ0) is 22.7. The minimum atomic E-state index is -1.97. The van der Waals surface area contributed by atoms with E-state index in [1.54, 1.807) is 0 Å². The Morgan fingerprint density at radius 2 is 1.67 bits per heavy atom. The molecule has 0 aliphatic carbocycles. The van der Waals surface area contributed by atoms with Gasteiger partial charge < -0.3 is 0 Å². The van der Waals surface area contributed by atoms with Crippen LogP contribution in [0, 0.1) is 6.92 Å².